The average molecular weight is 248 g/mol. The Hall–Kier alpha value is -0.850. The van der Waals surface area contributed by atoms with E-state index >= 15 is 0 Å². The molecule has 0 radical (unpaired) electrons. The van der Waals surface area contributed by atoms with Gasteiger partial charge in [-0.25, -0.2) is 0 Å². The van der Waals surface area contributed by atoms with Gasteiger partial charge in [0.05, 0.1) is 0 Å². The Bertz CT molecular complexity index is 369. The van der Waals surface area contributed by atoms with Gasteiger partial charge < -0.3 is 0 Å². The fourth-order valence-corrected chi connectivity index (χ4v) is 3.01. The number of carbonyl (C=O) groups excluding carboxylic acids is 1. The van der Waals surface area contributed by atoms with Crippen LogP contribution < -0.4 is 0 Å². The maximum atomic E-state index is 12.5. The van der Waals surface area contributed by atoms with Crippen LogP contribution in [0, 0.1) is 5.41 Å². The van der Waals surface area contributed by atoms with Gasteiger partial charge in [-0.05, 0) is 51.4 Å². The molecule has 0 amide bonds. The van der Waals surface area contributed by atoms with E-state index in [-0.39, 0.29) is 5.41 Å². The van der Waals surface area contributed by atoms with Crippen LogP contribution in [0.1, 0.15) is 73.1 Å². The molecule has 0 bridgehead atoms. The number of hydrogen-bond donors (Lipinski definition) is 0. The third kappa shape index (κ3) is 3.34. The van der Waals surface area contributed by atoms with Gasteiger partial charge in [-0.1, -0.05) is 38.0 Å². The second kappa shape index (κ2) is 6.36. The molecule has 1 unspecified atom stereocenters. The van der Waals surface area contributed by atoms with E-state index in [2.05, 4.69) is 40.7 Å². The molecule has 0 fully saturated rings. The Morgan fingerprint density at radius 1 is 1.33 bits per heavy atom. The number of carbonyl (C=O) groups is 1. The van der Waals surface area contributed by atoms with E-state index in [0.29, 0.717) is 12.2 Å². The Labute approximate surface area is 112 Å². The average Bonchev–Trinajstić information content (AvgIpc) is 2.35. The molecule has 0 aromatic heterocycles. The van der Waals surface area contributed by atoms with Gasteiger partial charge in [-0.15, -0.1) is 0 Å². The van der Waals surface area contributed by atoms with Crippen molar-refractivity contribution in [3.05, 3.63) is 22.8 Å². The normalized spacial score (nSPS) is 24.1. The highest BCUT2D eigenvalue weighted by molar-refractivity contribution is 5.98. The predicted molar refractivity (Wildman–Crippen MR) is 78.6 cm³/mol. The van der Waals surface area contributed by atoms with Crippen LogP contribution in [0.15, 0.2) is 22.8 Å². The first-order valence-corrected chi connectivity index (χ1v) is 7.33. The standard InChI is InChI=1S/C17H28O/c1-6-14-9-8-12-17(5,7-2)16(14)15(18)11-10-13(3)4/h10H,6-9,11-12H2,1-5H3. The Morgan fingerprint density at radius 3 is 2.50 bits per heavy atom. The summed E-state index contributed by atoms with van der Waals surface area (Å²) in [4.78, 5) is 12.5. The first kappa shape index (κ1) is 15.2. The van der Waals surface area contributed by atoms with E-state index in [0.717, 1.165) is 24.8 Å². The van der Waals surface area contributed by atoms with Gasteiger partial charge in [0.15, 0.2) is 5.78 Å². The lowest BCUT2D eigenvalue weighted by Gasteiger charge is -2.37. The summed E-state index contributed by atoms with van der Waals surface area (Å²) in [5, 5.41) is 0. The quantitative estimate of drug-likeness (QED) is 0.610. The molecule has 0 saturated carbocycles. The number of hydrogen-bond acceptors (Lipinski definition) is 1. The minimum absolute atomic E-state index is 0.121. The van der Waals surface area contributed by atoms with Crippen molar-refractivity contribution >= 4 is 5.78 Å². The topological polar surface area (TPSA) is 17.1 Å². The molecule has 0 aromatic rings. The first-order valence-electron chi connectivity index (χ1n) is 7.33. The van der Waals surface area contributed by atoms with Crippen LogP contribution in [0.3, 0.4) is 0 Å². The largest absolute Gasteiger partial charge is 0.294 e. The Morgan fingerprint density at radius 2 is 2.00 bits per heavy atom. The number of Topliss-reactive ketones (excluding diaryl/α,β-unsaturated/α-hetero) is 1. The van der Waals surface area contributed by atoms with E-state index in [1.54, 1.807) is 0 Å². The highest BCUT2D eigenvalue weighted by atomic mass is 16.1. The lowest BCUT2D eigenvalue weighted by Crippen LogP contribution is -2.28. The number of rotatable bonds is 5. The molecule has 0 heterocycles. The van der Waals surface area contributed by atoms with Crippen molar-refractivity contribution < 1.29 is 4.79 Å². The molecule has 18 heavy (non-hydrogen) atoms. The predicted octanol–water partition coefficient (Wildman–Crippen LogP) is 5.22. The summed E-state index contributed by atoms with van der Waals surface area (Å²) in [7, 11) is 0. The van der Waals surface area contributed by atoms with Crippen LogP contribution in [0.25, 0.3) is 0 Å². The summed E-state index contributed by atoms with van der Waals surface area (Å²) >= 11 is 0. The minimum Gasteiger partial charge on any atom is -0.294 e. The highest BCUT2D eigenvalue weighted by Gasteiger charge is 2.35. The molecule has 1 rings (SSSR count). The molecule has 1 heteroatoms. The zero-order valence-electron chi connectivity index (χ0n) is 12.7. The minimum atomic E-state index is 0.121. The van der Waals surface area contributed by atoms with E-state index in [1.165, 1.54) is 24.0 Å². The molecule has 102 valence electrons. The smallest absolute Gasteiger partial charge is 0.163 e. The van der Waals surface area contributed by atoms with E-state index in [1.807, 2.05) is 0 Å². The SMILES string of the molecule is CCC1=C(C(=O)CC=C(C)C)C(C)(CC)CCC1. The van der Waals surface area contributed by atoms with Gasteiger partial charge >= 0.3 is 0 Å². The summed E-state index contributed by atoms with van der Waals surface area (Å²) in [5.41, 5.74) is 3.93. The molecule has 0 aromatic carbocycles. The molecule has 1 aliphatic rings. The van der Waals surface area contributed by atoms with Crippen molar-refractivity contribution in [1.82, 2.24) is 0 Å². The lowest BCUT2D eigenvalue weighted by molar-refractivity contribution is -0.116. The van der Waals surface area contributed by atoms with Crippen LogP contribution in [-0.4, -0.2) is 5.78 Å². The monoisotopic (exact) mass is 248 g/mol. The van der Waals surface area contributed by atoms with Crippen LogP contribution in [-0.2, 0) is 4.79 Å². The summed E-state index contributed by atoms with van der Waals surface area (Å²) in [6.45, 7) is 10.8. The zero-order valence-corrected chi connectivity index (χ0v) is 12.7. The van der Waals surface area contributed by atoms with Gasteiger partial charge in [0.1, 0.15) is 0 Å². The van der Waals surface area contributed by atoms with E-state index < -0.39 is 0 Å². The summed E-state index contributed by atoms with van der Waals surface area (Å²) < 4.78 is 0. The molecule has 0 spiro atoms. The molecular weight excluding hydrogens is 220 g/mol. The molecule has 0 N–H and O–H groups in total. The van der Waals surface area contributed by atoms with Crippen LogP contribution >= 0.6 is 0 Å². The maximum absolute atomic E-state index is 12.5. The van der Waals surface area contributed by atoms with Crippen molar-refractivity contribution in [3.8, 4) is 0 Å². The molecule has 0 saturated heterocycles. The van der Waals surface area contributed by atoms with Crippen molar-refractivity contribution in [1.29, 1.82) is 0 Å². The Kier molecular flexibility index (Phi) is 5.37. The fraction of sp³-hybridized carbons (Fsp3) is 0.706. The molecular formula is C17H28O. The van der Waals surface area contributed by atoms with E-state index in [9.17, 15) is 4.79 Å². The molecule has 1 atom stereocenters. The summed E-state index contributed by atoms with van der Waals surface area (Å²) in [6, 6.07) is 0. The van der Waals surface area contributed by atoms with Crippen molar-refractivity contribution in [2.24, 2.45) is 5.41 Å². The zero-order chi connectivity index (χ0) is 13.8. The molecule has 1 nitrogen and oxygen atoms in total. The van der Waals surface area contributed by atoms with Crippen molar-refractivity contribution in [2.45, 2.75) is 73.1 Å². The summed E-state index contributed by atoms with van der Waals surface area (Å²) in [5.74, 6) is 0.358. The second-order valence-corrected chi connectivity index (χ2v) is 6.01. The van der Waals surface area contributed by atoms with Crippen LogP contribution in [0.5, 0.6) is 0 Å². The third-order valence-corrected chi connectivity index (χ3v) is 4.35. The summed E-state index contributed by atoms with van der Waals surface area (Å²) in [6.07, 6.45) is 8.29. The third-order valence-electron chi connectivity index (χ3n) is 4.35. The lowest BCUT2D eigenvalue weighted by atomic mass is 9.67. The van der Waals surface area contributed by atoms with Gasteiger partial charge in [0.2, 0.25) is 0 Å². The molecule has 0 aliphatic heterocycles. The highest BCUT2D eigenvalue weighted by Crippen LogP contribution is 2.44. The van der Waals surface area contributed by atoms with Crippen molar-refractivity contribution in [3.63, 3.8) is 0 Å². The van der Waals surface area contributed by atoms with Gasteiger partial charge in [-0.3, -0.25) is 4.79 Å². The maximum Gasteiger partial charge on any atom is 0.163 e. The van der Waals surface area contributed by atoms with Crippen LogP contribution in [0.2, 0.25) is 0 Å². The van der Waals surface area contributed by atoms with Gasteiger partial charge in [0, 0.05) is 12.0 Å². The first-order chi connectivity index (χ1) is 8.44. The van der Waals surface area contributed by atoms with Gasteiger partial charge in [-0.2, -0.15) is 0 Å². The Balaban J connectivity index is 3.07. The second-order valence-electron chi connectivity index (χ2n) is 6.01. The van der Waals surface area contributed by atoms with Crippen molar-refractivity contribution in [2.75, 3.05) is 0 Å². The van der Waals surface area contributed by atoms with E-state index in [4.69, 9.17) is 0 Å². The number of ketones is 1. The number of allylic oxidation sites excluding steroid dienone is 4. The van der Waals surface area contributed by atoms with Gasteiger partial charge in [0.25, 0.3) is 0 Å². The van der Waals surface area contributed by atoms with Crippen LogP contribution in [0.4, 0.5) is 0 Å². The molecule has 1 aliphatic carbocycles. The fourth-order valence-electron chi connectivity index (χ4n) is 3.01.